The molecule has 0 spiro atoms. The van der Waals surface area contributed by atoms with Gasteiger partial charge in [-0.05, 0) is 43.7 Å². The predicted molar refractivity (Wildman–Crippen MR) is 115 cm³/mol. The van der Waals surface area contributed by atoms with E-state index in [9.17, 15) is 19.2 Å². The zero-order valence-corrected chi connectivity index (χ0v) is 17.6. The van der Waals surface area contributed by atoms with Crippen LogP contribution in [0.4, 0.5) is 5.69 Å². The van der Waals surface area contributed by atoms with Gasteiger partial charge in [0.15, 0.2) is 6.61 Å². The molecule has 2 aromatic rings. The minimum absolute atomic E-state index is 0.124. The molecule has 2 aromatic carbocycles. The number of nitrogens with zero attached hydrogens (tertiary/aromatic N) is 1. The molecule has 8 nitrogen and oxygen atoms in total. The number of hydrogen-bond donors (Lipinski definition) is 2. The molecular weight excluding hydrogens is 398 g/mol. The maximum Gasteiger partial charge on any atom is 0.261 e. The number of carbonyl (C=O) groups excluding carboxylic acids is 4. The predicted octanol–water partition coefficient (Wildman–Crippen LogP) is 2.85. The lowest BCUT2D eigenvalue weighted by atomic mass is 10.1. The Balaban J connectivity index is 1.69. The van der Waals surface area contributed by atoms with Crippen molar-refractivity contribution in [3.63, 3.8) is 0 Å². The summed E-state index contributed by atoms with van der Waals surface area (Å²) in [7, 11) is 0. The highest BCUT2D eigenvalue weighted by atomic mass is 16.5. The molecule has 162 valence electrons. The SMILES string of the molecule is CCCCN1C(=O)c2ccc(C(=O)Nc3cccc(OCC(=O)NCC)c3)cc2C1=O. The smallest absolute Gasteiger partial charge is 0.261 e. The van der Waals surface area contributed by atoms with Crippen molar-refractivity contribution in [2.45, 2.75) is 26.7 Å². The average Bonchev–Trinajstić information content (AvgIpc) is 3.00. The third-order valence-corrected chi connectivity index (χ3v) is 4.80. The van der Waals surface area contributed by atoms with Crippen molar-refractivity contribution in [3.8, 4) is 5.75 Å². The third kappa shape index (κ3) is 5.09. The summed E-state index contributed by atoms with van der Waals surface area (Å²) >= 11 is 0. The Labute approximate surface area is 180 Å². The molecule has 0 fully saturated rings. The van der Waals surface area contributed by atoms with E-state index in [0.717, 1.165) is 12.8 Å². The van der Waals surface area contributed by atoms with Gasteiger partial charge in [0.05, 0.1) is 11.1 Å². The zero-order valence-electron chi connectivity index (χ0n) is 17.6. The van der Waals surface area contributed by atoms with Gasteiger partial charge in [-0.25, -0.2) is 0 Å². The van der Waals surface area contributed by atoms with Crippen LogP contribution in [-0.4, -0.2) is 48.2 Å². The van der Waals surface area contributed by atoms with Crippen LogP contribution in [0.25, 0.3) is 0 Å². The number of benzene rings is 2. The molecule has 0 aromatic heterocycles. The van der Waals surface area contributed by atoms with Gasteiger partial charge in [-0.3, -0.25) is 24.1 Å². The Bertz CT molecular complexity index is 1020. The number of hydrogen-bond acceptors (Lipinski definition) is 5. The topological polar surface area (TPSA) is 105 Å². The quantitative estimate of drug-likeness (QED) is 0.604. The minimum Gasteiger partial charge on any atom is -0.484 e. The first kappa shape index (κ1) is 22.0. The van der Waals surface area contributed by atoms with Crippen molar-refractivity contribution in [1.82, 2.24) is 10.2 Å². The van der Waals surface area contributed by atoms with E-state index in [1.54, 1.807) is 24.3 Å². The fourth-order valence-corrected chi connectivity index (χ4v) is 3.22. The second kappa shape index (κ2) is 9.88. The van der Waals surface area contributed by atoms with E-state index in [4.69, 9.17) is 4.74 Å². The number of imide groups is 1. The highest BCUT2D eigenvalue weighted by Crippen LogP contribution is 2.25. The molecule has 1 heterocycles. The molecule has 0 atom stereocenters. The number of ether oxygens (including phenoxy) is 1. The van der Waals surface area contributed by atoms with E-state index >= 15 is 0 Å². The summed E-state index contributed by atoms with van der Waals surface area (Å²) in [5.74, 6) is -0.912. The van der Waals surface area contributed by atoms with E-state index in [1.165, 1.54) is 23.1 Å². The van der Waals surface area contributed by atoms with Crippen LogP contribution in [0.5, 0.6) is 5.75 Å². The molecule has 1 aliphatic rings. The number of nitrogens with one attached hydrogen (secondary N) is 2. The molecule has 31 heavy (non-hydrogen) atoms. The first-order valence-corrected chi connectivity index (χ1v) is 10.3. The van der Waals surface area contributed by atoms with E-state index in [-0.39, 0.29) is 35.5 Å². The molecule has 8 heteroatoms. The first-order chi connectivity index (χ1) is 14.9. The maximum absolute atomic E-state index is 12.7. The van der Waals surface area contributed by atoms with E-state index in [0.29, 0.717) is 30.1 Å². The Morgan fingerprint density at radius 2 is 1.77 bits per heavy atom. The monoisotopic (exact) mass is 423 g/mol. The molecule has 2 N–H and O–H groups in total. The molecule has 0 saturated carbocycles. The second-order valence-corrected chi connectivity index (χ2v) is 7.10. The number of fused-ring (bicyclic) bond motifs is 1. The number of carbonyl (C=O) groups is 4. The van der Waals surface area contributed by atoms with Gasteiger partial charge in [0.25, 0.3) is 23.6 Å². The van der Waals surface area contributed by atoms with Crippen molar-refractivity contribution < 1.29 is 23.9 Å². The Morgan fingerprint density at radius 1 is 1.00 bits per heavy atom. The number of anilines is 1. The van der Waals surface area contributed by atoms with E-state index < -0.39 is 5.91 Å². The van der Waals surface area contributed by atoms with Gasteiger partial charge in [0, 0.05) is 30.4 Å². The van der Waals surface area contributed by atoms with Crippen molar-refractivity contribution in [2.75, 3.05) is 25.0 Å². The number of rotatable bonds is 9. The average molecular weight is 423 g/mol. The zero-order chi connectivity index (χ0) is 22.4. The molecule has 0 radical (unpaired) electrons. The van der Waals surface area contributed by atoms with Crippen molar-refractivity contribution in [2.24, 2.45) is 0 Å². The Hall–Kier alpha value is -3.68. The van der Waals surface area contributed by atoms with Gasteiger partial charge in [-0.15, -0.1) is 0 Å². The number of unbranched alkanes of at least 4 members (excludes halogenated alkanes) is 1. The van der Waals surface area contributed by atoms with Gasteiger partial charge < -0.3 is 15.4 Å². The highest BCUT2D eigenvalue weighted by Gasteiger charge is 2.35. The second-order valence-electron chi connectivity index (χ2n) is 7.10. The number of likely N-dealkylation sites (N-methyl/N-ethyl adjacent to an activating group) is 1. The molecule has 0 saturated heterocycles. The highest BCUT2D eigenvalue weighted by molar-refractivity contribution is 6.22. The molecule has 0 aliphatic carbocycles. The molecule has 4 amide bonds. The van der Waals surface area contributed by atoms with Gasteiger partial charge >= 0.3 is 0 Å². The van der Waals surface area contributed by atoms with Crippen molar-refractivity contribution in [3.05, 3.63) is 59.2 Å². The van der Waals surface area contributed by atoms with Crippen LogP contribution in [0.15, 0.2) is 42.5 Å². The summed E-state index contributed by atoms with van der Waals surface area (Å²) < 4.78 is 5.43. The van der Waals surface area contributed by atoms with Crippen LogP contribution in [0.1, 0.15) is 57.8 Å². The summed E-state index contributed by atoms with van der Waals surface area (Å²) in [5, 5.41) is 5.38. The lowest BCUT2D eigenvalue weighted by Crippen LogP contribution is -2.30. The summed E-state index contributed by atoms with van der Waals surface area (Å²) in [4.78, 5) is 50.5. The van der Waals surface area contributed by atoms with Crippen LogP contribution in [0.2, 0.25) is 0 Å². The van der Waals surface area contributed by atoms with Crippen LogP contribution in [0.3, 0.4) is 0 Å². The fraction of sp³-hybridized carbons (Fsp3) is 0.304. The summed E-state index contributed by atoms with van der Waals surface area (Å²) in [5.41, 5.74) is 1.31. The molecule has 3 rings (SSSR count). The molecule has 1 aliphatic heterocycles. The summed E-state index contributed by atoms with van der Waals surface area (Å²) in [6, 6.07) is 11.2. The van der Waals surface area contributed by atoms with Crippen molar-refractivity contribution in [1.29, 1.82) is 0 Å². The van der Waals surface area contributed by atoms with Crippen LogP contribution < -0.4 is 15.4 Å². The number of amides is 4. The largest absolute Gasteiger partial charge is 0.484 e. The Morgan fingerprint density at radius 3 is 2.52 bits per heavy atom. The Kier molecular flexibility index (Phi) is 7.02. The lowest BCUT2D eigenvalue weighted by molar-refractivity contribution is -0.122. The molecule has 0 unspecified atom stereocenters. The normalized spacial score (nSPS) is 12.5. The van der Waals surface area contributed by atoms with Crippen LogP contribution >= 0.6 is 0 Å². The van der Waals surface area contributed by atoms with E-state index in [2.05, 4.69) is 10.6 Å². The molecule has 0 bridgehead atoms. The van der Waals surface area contributed by atoms with Gasteiger partial charge in [-0.1, -0.05) is 19.4 Å². The van der Waals surface area contributed by atoms with E-state index in [1.807, 2.05) is 13.8 Å². The minimum atomic E-state index is -0.420. The van der Waals surface area contributed by atoms with Gasteiger partial charge in [-0.2, -0.15) is 0 Å². The fourth-order valence-electron chi connectivity index (χ4n) is 3.22. The van der Waals surface area contributed by atoms with Crippen LogP contribution in [-0.2, 0) is 4.79 Å². The third-order valence-electron chi connectivity index (χ3n) is 4.80. The standard InChI is InChI=1S/C23H25N3O5/c1-3-5-11-26-22(29)18-10-9-15(12-19(18)23(26)30)21(28)25-16-7-6-8-17(13-16)31-14-20(27)24-4-2/h6-10,12-13H,3-5,11,14H2,1-2H3,(H,24,27)(H,25,28). The lowest BCUT2D eigenvalue weighted by Gasteiger charge is -2.12. The van der Waals surface area contributed by atoms with Gasteiger partial charge in [0.1, 0.15) is 5.75 Å². The maximum atomic E-state index is 12.7. The first-order valence-electron chi connectivity index (χ1n) is 10.3. The molecular formula is C23H25N3O5. The summed E-state index contributed by atoms with van der Waals surface area (Å²) in [6.45, 7) is 4.57. The van der Waals surface area contributed by atoms with Gasteiger partial charge in [0.2, 0.25) is 0 Å². The van der Waals surface area contributed by atoms with Crippen molar-refractivity contribution >= 4 is 29.3 Å². The summed E-state index contributed by atoms with van der Waals surface area (Å²) in [6.07, 6.45) is 1.60. The van der Waals surface area contributed by atoms with Crippen LogP contribution in [0, 0.1) is 0 Å².